The van der Waals surface area contributed by atoms with Crippen LogP contribution in [0.3, 0.4) is 0 Å². The number of hydrogen-bond donors (Lipinski definition) is 1. The van der Waals surface area contributed by atoms with Crippen molar-refractivity contribution in [2.24, 2.45) is 5.41 Å². The number of benzene rings is 2. The van der Waals surface area contributed by atoms with Gasteiger partial charge in [0, 0.05) is 41.7 Å². The number of rotatable bonds is 7. The molecule has 11 heteroatoms. The second-order valence-electron chi connectivity index (χ2n) is 11.8. The van der Waals surface area contributed by atoms with Crippen LogP contribution in [0.15, 0.2) is 60.7 Å². The van der Waals surface area contributed by atoms with Crippen molar-refractivity contribution in [3.05, 3.63) is 82.0 Å². The molecule has 2 aliphatic rings. The number of carbonyl (C=O) groups is 1. The van der Waals surface area contributed by atoms with Gasteiger partial charge < -0.3 is 14.2 Å². The molecule has 2 saturated carbocycles. The van der Waals surface area contributed by atoms with Crippen LogP contribution in [0.1, 0.15) is 70.1 Å². The SMILES string of the molecule is CC(C)(C)n1nc([C@H]2CC[C@@]3(CC[C@@H]3OC(=S)Oc3ccc([N+](=O)[O-])cc3)C2)cc1NC(=O)OCc1ccccc1. The third-order valence-corrected chi connectivity index (χ3v) is 8.12. The van der Waals surface area contributed by atoms with E-state index in [0.717, 1.165) is 43.4 Å². The highest BCUT2D eigenvalue weighted by atomic mass is 32.1. The fourth-order valence-corrected chi connectivity index (χ4v) is 5.93. The minimum atomic E-state index is -0.525. The third-order valence-electron chi connectivity index (χ3n) is 7.94. The van der Waals surface area contributed by atoms with Gasteiger partial charge in [-0.15, -0.1) is 0 Å². The number of ether oxygens (including phenoxy) is 3. The molecule has 10 nitrogen and oxygen atoms in total. The Bertz CT molecular complexity index is 1420. The van der Waals surface area contributed by atoms with Gasteiger partial charge in [0.05, 0.1) is 16.2 Å². The van der Waals surface area contributed by atoms with Crippen molar-refractivity contribution >= 4 is 35.1 Å². The van der Waals surface area contributed by atoms with Crippen molar-refractivity contribution in [2.75, 3.05) is 5.32 Å². The molecule has 2 fully saturated rings. The van der Waals surface area contributed by atoms with E-state index in [1.54, 1.807) is 0 Å². The van der Waals surface area contributed by atoms with E-state index in [1.165, 1.54) is 24.3 Å². The summed E-state index contributed by atoms with van der Waals surface area (Å²) in [5.41, 5.74) is 1.47. The number of nitrogens with one attached hydrogen (secondary N) is 1. The summed E-state index contributed by atoms with van der Waals surface area (Å²) in [6.45, 7) is 6.32. The molecule has 216 valence electrons. The van der Waals surface area contributed by atoms with Crippen LogP contribution in [-0.2, 0) is 21.6 Å². The molecule has 0 bridgehead atoms. The molecule has 41 heavy (non-hydrogen) atoms. The third kappa shape index (κ3) is 6.51. The summed E-state index contributed by atoms with van der Waals surface area (Å²) < 4.78 is 19.0. The summed E-state index contributed by atoms with van der Waals surface area (Å²) in [5.74, 6) is 1.22. The normalized spacial score (nSPS) is 21.6. The number of nitro groups is 1. The van der Waals surface area contributed by atoms with Crippen LogP contribution >= 0.6 is 12.2 Å². The van der Waals surface area contributed by atoms with Crippen LogP contribution in [0.2, 0.25) is 0 Å². The molecule has 2 aliphatic carbocycles. The Morgan fingerprint density at radius 2 is 1.85 bits per heavy atom. The lowest BCUT2D eigenvalue weighted by molar-refractivity contribution is -0.384. The smallest absolute Gasteiger partial charge is 0.413 e. The highest BCUT2D eigenvalue weighted by Crippen LogP contribution is 2.59. The monoisotopic (exact) mass is 578 g/mol. The highest BCUT2D eigenvalue weighted by Gasteiger charge is 2.53. The molecular weight excluding hydrogens is 544 g/mol. The number of non-ortho nitro benzene ring substituents is 1. The molecule has 0 unspecified atom stereocenters. The number of aromatic nitrogens is 2. The molecule has 0 saturated heterocycles. The number of anilines is 1. The number of carbonyl (C=O) groups excluding carboxylic acids is 1. The molecule has 2 aromatic carbocycles. The molecule has 5 rings (SSSR count). The van der Waals surface area contributed by atoms with Crippen molar-refractivity contribution in [3.63, 3.8) is 0 Å². The topological polar surface area (TPSA) is 118 Å². The van der Waals surface area contributed by atoms with Crippen molar-refractivity contribution in [1.82, 2.24) is 9.78 Å². The maximum absolute atomic E-state index is 12.6. The quantitative estimate of drug-likeness (QED) is 0.179. The van der Waals surface area contributed by atoms with Gasteiger partial charge in [-0.3, -0.25) is 15.4 Å². The highest BCUT2D eigenvalue weighted by molar-refractivity contribution is 7.79. The van der Waals surface area contributed by atoms with E-state index in [-0.39, 0.29) is 40.5 Å². The summed E-state index contributed by atoms with van der Waals surface area (Å²) in [7, 11) is 0. The number of nitro benzene ring substituents is 1. The second kappa shape index (κ2) is 11.5. The van der Waals surface area contributed by atoms with Gasteiger partial charge in [0.25, 0.3) is 5.69 Å². The molecule has 0 aliphatic heterocycles. The van der Waals surface area contributed by atoms with Crippen LogP contribution in [-0.4, -0.2) is 32.1 Å². The van der Waals surface area contributed by atoms with Gasteiger partial charge in [-0.1, -0.05) is 30.3 Å². The second-order valence-corrected chi connectivity index (χ2v) is 12.1. The number of thiocarbonyl (C=S) groups is 1. The standard InChI is InChI=1S/C30H34N4O6S/c1-29(2,3)33-26(31-27(35)38-19-20-7-5-4-6-8-20)17-24(32-33)21-13-15-30(18-21)16-14-25(30)40-28(41)39-23-11-9-22(10-12-23)34(36)37/h4-12,17,21,25H,13-16,18-19H2,1-3H3,(H,31,35)/t21-,25-,30+/m0/s1. The zero-order valence-corrected chi connectivity index (χ0v) is 24.2. The van der Waals surface area contributed by atoms with Gasteiger partial charge in [-0.05, 0) is 70.6 Å². The van der Waals surface area contributed by atoms with Gasteiger partial charge in [0.1, 0.15) is 24.3 Å². The molecule has 0 radical (unpaired) electrons. The molecule has 1 N–H and O–H groups in total. The molecule has 1 aromatic heterocycles. The van der Waals surface area contributed by atoms with E-state index in [4.69, 9.17) is 31.5 Å². The predicted molar refractivity (Wildman–Crippen MR) is 157 cm³/mol. The van der Waals surface area contributed by atoms with Gasteiger partial charge in [0.2, 0.25) is 0 Å². The summed E-state index contributed by atoms with van der Waals surface area (Å²) in [6, 6.07) is 17.2. The van der Waals surface area contributed by atoms with E-state index in [0.29, 0.717) is 11.6 Å². The van der Waals surface area contributed by atoms with E-state index in [1.807, 2.05) is 61.9 Å². The van der Waals surface area contributed by atoms with Gasteiger partial charge >= 0.3 is 11.3 Å². The Hall–Kier alpha value is -3.99. The molecule has 1 spiro atoms. The Morgan fingerprint density at radius 1 is 1.15 bits per heavy atom. The zero-order chi connectivity index (χ0) is 29.2. The van der Waals surface area contributed by atoms with E-state index < -0.39 is 11.0 Å². The summed E-state index contributed by atoms with van der Waals surface area (Å²) >= 11 is 5.35. The summed E-state index contributed by atoms with van der Waals surface area (Å²) in [5, 5.41) is 18.7. The first kappa shape index (κ1) is 28.5. The van der Waals surface area contributed by atoms with Gasteiger partial charge in [-0.25, -0.2) is 9.48 Å². The van der Waals surface area contributed by atoms with E-state index in [9.17, 15) is 14.9 Å². The lowest BCUT2D eigenvalue weighted by Crippen LogP contribution is -2.46. The molecular formula is C30H34N4O6S. The van der Waals surface area contributed by atoms with Crippen LogP contribution in [0.4, 0.5) is 16.3 Å². The van der Waals surface area contributed by atoms with Crippen LogP contribution < -0.4 is 10.1 Å². The van der Waals surface area contributed by atoms with Crippen LogP contribution in [0, 0.1) is 15.5 Å². The largest absolute Gasteiger partial charge is 0.453 e. The number of amides is 1. The average Bonchev–Trinajstić information content (AvgIpc) is 3.57. The zero-order valence-electron chi connectivity index (χ0n) is 23.4. The molecule has 1 heterocycles. The lowest BCUT2D eigenvalue weighted by Gasteiger charge is -2.46. The maximum Gasteiger partial charge on any atom is 0.413 e. The first-order valence-electron chi connectivity index (χ1n) is 13.7. The van der Waals surface area contributed by atoms with Crippen molar-refractivity contribution in [1.29, 1.82) is 0 Å². The fourth-order valence-electron chi connectivity index (χ4n) is 5.72. The number of hydrogen-bond acceptors (Lipinski definition) is 8. The molecule has 3 aromatic rings. The molecule has 3 atom stereocenters. The summed E-state index contributed by atoms with van der Waals surface area (Å²) in [4.78, 5) is 23.0. The van der Waals surface area contributed by atoms with Crippen molar-refractivity contribution in [3.8, 4) is 5.75 Å². The average molecular weight is 579 g/mol. The first-order chi connectivity index (χ1) is 19.5. The fraction of sp³-hybridized carbons (Fsp3) is 0.433. The van der Waals surface area contributed by atoms with E-state index in [2.05, 4.69) is 5.32 Å². The minimum absolute atomic E-state index is 0.0126. The van der Waals surface area contributed by atoms with Crippen molar-refractivity contribution < 1.29 is 23.9 Å². The van der Waals surface area contributed by atoms with Gasteiger partial charge in [-0.2, -0.15) is 5.10 Å². The Labute approximate surface area is 244 Å². The minimum Gasteiger partial charge on any atom is -0.453 e. The maximum atomic E-state index is 12.6. The molecule has 1 amide bonds. The lowest BCUT2D eigenvalue weighted by atomic mass is 9.64. The van der Waals surface area contributed by atoms with Gasteiger partial charge in [0.15, 0.2) is 0 Å². The van der Waals surface area contributed by atoms with E-state index >= 15 is 0 Å². The Kier molecular flexibility index (Phi) is 7.99. The Morgan fingerprint density at radius 3 is 2.49 bits per heavy atom. The summed E-state index contributed by atoms with van der Waals surface area (Å²) in [6.07, 6.45) is 4.16. The van der Waals surface area contributed by atoms with Crippen molar-refractivity contribution in [2.45, 2.75) is 77.0 Å². The Balaban J connectivity index is 1.21. The first-order valence-corrected chi connectivity index (χ1v) is 14.1. The van der Waals surface area contributed by atoms with Crippen LogP contribution in [0.25, 0.3) is 0 Å². The predicted octanol–water partition coefficient (Wildman–Crippen LogP) is 7.09. The van der Waals surface area contributed by atoms with Crippen LogP contribution in [0.5, 0.6) is 5.75 Å². The number of nitrogens with zero attached hydrogens (tertiary/aromatic N) is 3.